The van der Waals surface area contributed by atoms with Crippen LogP contribution in [0.4, 0.5) is 10.1 Å². The molecule has 110 valence electrons. The molecule has 3 N–H and O–H groups in total. The summed E-state index contributed by atoms with van der Waals surface area (Å²) in [5.74, 6) is -0.939. The first-order valence-corrected chi connectivity index (χ1v) is 7.30. The minimum Gasteiger partial charge on any atom is -0.322 e. The smallest absolute Gasteiger partial charge is 0.248 e. The lowest BCUT2D eigenvalue weighted by atomic mass is 9.92. The predicted octanol–water partition coefficient (Wildman–Crippen LogP) is 4.05. The average Bonchev–Trinajstić information content (AvgIpc) is 2.43. The molecule has 2 aromatic rings. The van der Waals surface area contributed by atoms with E-state index in [-0.39, 0.29) is 10.7 Å². The van der Waals surface area contributed by atoms with Crippen LogP contribution in [0.25, 0.3) is 0 Å². The van der Waals surface area contributed by atoms with Crippen molar-refractivity contribution in [3.8, 4) is 0 Å². The zero-order valence-corrected chi connectivity index (χ0v) is 13.5. The van der Waals surface area contributed by atoms with Crippen LogP contribution in [0.2, 0.25) is 5.02 Å². The Bertz CT molecular complexity index is 654. The highest BCUT2D eigenvalue weighted by Gasteiger charge is 2.31. The minimum absolute atomic E-state index is 0.0964. The summed E-state index contributed by atoms with van der Waals surface area (Å²) in [7, 11) is 0. The Morgan fingerprint density at radius 2 is 1.95 bits per heavy atom. The van der Waals surface area contributed by atoms with Gasteiger partial charge in [-0.3, -0.25) is 4.79 Å². The van der Waals surface area contributed by atoms with Gasteiger partial charge in [-0.25, -0.2) is 4.39 Å². The Balaban J connectivity index is 2.30. The van der Waals surface area contributed by atoms with Crippen molar-refractivity contribution in [2.24, 2.45) is 5.73 Å². The van der Waals surface area contributed by atoms with Gasteiger partial charge in [0.2, 0.25) is 5.91 Å². The van der Waals surface area contributed by atoms with Gasteiger partial charge in [0.1, 0.15) is 11.4 Å². The zero-order chi connectivity index (χ0) is 15.6. The van der Waals surface area contributed by atoms with Crippen LogP contribution in [0, 0.1) is 5.82 Å². The maximum absolute atomic E-state index is 13.2. The van der Waals surface area contributed by atoms with Crippen LogP contribution >= 0.6 is 27.5 Å². The third-order valence-electron chi connectivity index (χ3n) is 3.09. The molecular weight excluding hydrogens is 359 g/mol. The first-order valence-electron chi connectivity index (χ1n) is 6.13. The molecule has 0 aliphatic heterocycles. The molecular formula is C15H13BrClFN2O. The van der Waals surface area contributed by atoms with Crippen molar-refractivity contribution < 1.29 is 9.18 Å². The molecule has 0 aromatic heterocycles. The summed E-state index contributed by atoms with van der Waals surface area (Å²) < 4.78 is 13.5. The second-order valence-electron chi connectivity index (χ2n) is 4.77. The summed E-state index contributed by atoms with van der Waals surface area (Å²) >= 11 is 9.12. The topological polar surface area (TPSA) is 55.1 Å². The molecule has 6 heteroatoms. The lowest BCUT2D eigenvalue weighted by molar-refractivity contribution is -0.120. The summed E-state index contributed by atoms with van der Waals surface area (Å²) in [5, 5.41) is 2.73. The quantitative estimate of drug-likeness (QED) is 0.855. The van der Waals surface area contributed by atoms with E-state index in [0.29, 0.717) is 10.0 Å². The third kappa shape index (κ3) is 3.43. The molecule has 0 spiro atoms. The number of nitrogens with one attached hydrogen (secondary N) is 1. The van der Waals surface area contributed by atoms with Crippen LogP contribution in [0.1, 0.15) is 12.5 Å². The van der Waals surface area contributed by atoms with E-state index >= 15 is 0 Å². The van der Waals surface area contributed by atoms with Crippen molar-refractivity contribution in [3.63, 3.8) is 0 Å². The maximum Gasteiger partial charge on any atom is 0.248 e. The first-order chi connectivity index (χ1) is 9.82. The number of hydrogen-bond acceptors (Lipinski definition) is 2. The van der Waals surface area contributed by atoms with Crippen molar-refractivity contribution in [1.82, 2.24) is 0 Å². The molecule has 1 unspecified atom stereocenters. The van der Waals surface area contributed by atoms with Crippen LogP contribution in [0.3, 0.4) is 0 Å². The summed E-state index contributed by atoms with van der Waals surface area (Å²) in [5.41, 5.74) is 5.83. The number of anilines is 1. The van der Waals surface area contributed by atoms with E-state index in [1.54, 1.807) is 31.2 Å². The number of amides is 1. The molecule has 1 atom stereocenters. The zero-order valence-electron chi connectivity index (χ0n) is 11.2. The second-order valence-corrected chi connectivity index (χ2v) is 6.03. The monoisotopic (exact) mass is 370 g/mol. The Labute approximate surface area is 135 Å². The number of carbonyl (C=O) groups is 1. The standard InChI is InChI=1S/C15H13BrClFN2O/c1-15(19,9-5-3-2-4-6-9)14(21)20-13-11(16)7-10(18)8-12(13)17/h2-8H,19H2,1H3,(H,20,21). The number of nitrogens with two attached hydrogens (primary N) is 1. The van der Waals surface area contributed by atoms with Gasteiger partial charge >= 0.3 is 0 Å². The number of carbonyl (C=O) groups excluding carboxylic acids is 1. The van der Waals surface area contributed by atoms with Gasteiger partial charge in [0.25, 0.3) is 0 Å². The molecule has 0 saturated carbocycles. The Morgan fingerprint density at radius 1 is 1.33 bits per heavy atom. The van der Waals surface area contributed by atoms with Gasteiger partial charge in [-0.1, -0.05) is 41.9 Å². The van der Waals surface area contributed by atoms with E-state index in [1.165, 1.54) is 6.07 Å². The van der Waals surface area contributed by atoms with Gasteiger partial charge in [0.05, 0.1) is 10.7 Å². The van der Waals surface area contributed by atoms with Crippen molar-refractivity contribution in [2.75, 3.05) is 5.32 Å². The van der Waals surface area contributed by atoms with Gasteiger partial charge in [-0.2, -0.15) is 0 Å². The van der Waals surface area contributed by atoms with Gasteiger partial charge in [0.15, 0.2) is 0 Å². The SMILES string of the molecule is CC(N)(C(=O)Nc1c(Cl)cc(F)cc1Br)c1ccccc1. The molecule has 2 aromatic carbocycles. The van der Waals surface area contributed by atoms with Crippen LogP contribution in [0.5, 0.6) is 0 Å². The molecule has 0 radical (unpaired) electrons. The molecule has 21 heavy (non-hydrogen) atoms. The number of halogens is 3. The highest BCUT2D eigenvalue weighted by molar-refractivity contribution is 9.10. The molecule has 0 fully saturated rings. The lowest BCUT2D eigenvalue weighted by Gasteiger charge is -2.24. The van der Waals surface area contributed by atoms with Crippen molar-refractivity contribution in [2.45, 2.75) is 12.5 Å². The van der Waals surface area contributed by atoms with Gasteiger partial charge in [-0.05, 0) is 40.5 Å². The maximum atomic E-state index is 13.2. The van der Waals surface area contributed by atoms with Crippen LogP contribution in [0.15, 0.2) is 46.9 Å². The Morgan fingerprint density at radius 3 is 2.52 bits per heavy atom. The first kappa shape index (κ1) is 15.9. The van der Waals surface area contributed by atoms with E-state index in [4.69, 9.17) is 17.3 Å². The molecule has 0 aliphatic rings. The summed E-state index contributed by atoms with van der Waals surface area (Å²) in [6.07, 6.45) is 0. The normalized spacial score (nSPS) is 13.6. The van der Waals surface area contributed by atoms with Gasteiger partial charge < -0.3 is 11.1 Å². The minimum atomic E-state index is -1.24. The van der Waals surface area contributed by atoms with E-state index < -0.39 is 17.3 Å². The molecule has 0 heterocycles. The van der Waals surface area contributed by atoms with E-state index in [2.05, 4.69) is 21.2 Å². The molecule has 3 nitrogen and oxygen atoms in total. The van der Waals surface area contributed by atoms with E-state index in [0.717, 1.165) is 6.07 Å². The predicted molar refractivity (Wildman–Crippen MR) is 85.7 cm³/mol. The molecule has 0 aliphatic carbocycles. The van der Waals surface area contributed by atoms with Crippen LogP contribution in [-0.2, 0) is 10.3 Å². The number of benzene rings is 2. The second kappa shape index (κ2) is 6.13. The highest BCUT2D eigenvalue weighted by Crippen LogP contribution is 2.33. The highest BCUT2D eigenvalue weighted by atomic mass is 79.9. The number of hydrogen-bond donors (Lipinski definition) is 2. The average molecular weight is 372 g/mol. The van der Waals surface area contributed by atoms with Crippen LogP contribution in [-0.4, -0.2) is 5.91 Å². The van der Waals surface area contributed by atoms with Crippen molar-refractivity contribution in [3.05, 3.63) is 63.3 Å². The summed E-state index contributed by atoms with van der Waals surface area (Å²) in [6, 6.07) is 11.3. The molecule has 2 rings (SSSR count). The van der Waals surface area contributed by atoms with E-state index in [1.807, 2.05) is 6.07 Å². The lowest BCUT2D eigenvalue weighted by Crippen LogP contribution is -2.45. The fraction of sp³-hybridized carbons (Fsp3) is 0.133. The van der Waals surface area contributed by atoms with Gasteiger partial charge in [-0.15, -0.1) is 0 Å². The summed E-state index contributed by atoms with van der Waals surface area (Å²) in [6.45, 7) is 1.60. The molecule has 1 amide bonds. The van der Waals surface area contributed by atoms with Crippen molar-refractivity contribution in [1.29, 1.82) is 0 Å². The largest absolute Gasteiger partial charge is 0.322 e. The fourth-order valence-corrected chi connectivity index (χ4v) is 2.72. The number of rotatable bonds is 3. The molecule has 0 bridgehead atoms. The Hall–Kier alpha value is -1.43. The van der Waals surface area contributed by atoms with Crippen LogP contribution < -0.4 is 11.1 Å². The van der Waals surface area contributed by atoms with Crippen molar-refractivity contribution >= 4 is 39.1 Å². The molecule has 0 saturated heterocycles. The van der Waals surface area contributed by atoms with E-state index in [9.17, 15) is 9.18 Å². The summed E-state index contributed by atoms with van der Waals surface area (Å²) in [4.78, 5) is 12.4. The Kier molecular flexibility index (Phi) is 4.66. The van der Waals surface area contributed by atoms with Gasteiger partial charge in [0, 0.05) is 4.47 Å². The third-order valence-corrected chi connectivity index (χ3v) is 4.01. The fourth-order valence-electron chi connectivity index (χ4n) is 1.82.